The monoisotopic (exact) mass is 288 g/mol. The molecular formula is C12H20N2O6. The minimum atomic E-state index is -1.17. The van der Waals surface area contributed by atoms with Gasteiger partial charge in [-0.15, -0.1) is 0 Å². The number of carboxylic acids is 1. The number of morpholine rings is 1. The summed E-state index contributed by atoms with van der Waals surface area (Å²) in [6.45, 7) is 1.70. The number of aliphatic carboxylic acids is 1. The maximum absolute atomic E-state index is 11.8. The highest BCUT2D eigenvalue weighted by atomic mass is 16.5. The smallest absolute Gasteiger partial charge is 0.326 e. The Labute approximate surface area is 116 Å². The summed E-state index contributed by atoms with van der Waals surface area (Å²) in [5.41, 5.74) is 0. The normalized spacial score (nSPS) is 19.9. The quantitative estimate of drug-likeness (QED) is 0.509. The maximum atomic E-state index is 11.8. The summed E-state index contributed by atoms with van der Waals surface area (Å²) in [7, 11) is 1.23. The van der Waals surface area contributed by atoms with Gasteiger partial charge in [-0.25, -0.2) is 4.79 Å². The van der Waals surface area contributed by atoms with E-state index in [1.165, 1.54) is 7.11 Å². The van der Waals surface area contributed by atoms with E-state index in [4.69, 9.17) is 9.84 Å². The fourth-order valence-corrected chi connectivity index (χ4v) is 1.85. The molecule has 0 radical (unpaired) electrons. The minimum absolute atomic E-state index is 0.00232. The SMILES string of the molecule is COC(=O)CC[C@H](NC(=O)CC1COCCN1)C(=O)O. The first-order valence-electron chi connectivity index (χ1n) is 6.43. The molecule has 3 N–H and O–H groups in total. The van der Waals surface area contributed by atoms with Crippen molar-refractivity contribution < 1.29 is 29.0 Å². The van der Waals surface area contributed by atoms with E-state index in [9.17, 15) is 14.4 Å². The number of hydrogen-bond acceptors (Lipinski definition) is 6. The Kier molecular flexibility index (Phi) is 6.96. The molecule has 2 atom stereocenters. The second-order valence-electron chi connectivity index (χ2n) is 4.50. The lowest BCUT2D eigenvalue weighted by Gasteiger charge is -2.24. The van der Waals surface area contributed by atoms with Crippen molar-refractivity contribution in [1.29, 1.82) is 0 Å². The lowest BCUT2D eigenvalue weighted by atomic mass is 10.1. The van der Waals surface area contributed by atoms with Gasteiger partial charge in [0.1, 0.15) is 6.04 Å². The van der Waals surface area contributed by atoms with Gasteiger partial charge in [-0.05, 0) is 6.42 Å². The number of amides is 1. The third-order valence-corrected chi connectivity index (χ3v) is 2.93. The second-order valence-corrected chi connectivity index (χ2v) is 4.50. The number of ether oxygens (including phenoxy) is 2. The van der Waals surface area contributed by atoms with E-state index in [0.717, 1.165) is 0 Å². The van der Waals surface area contributed by atoms with Crippen LogP contribution < -0.4 is 10.6 Å². The highest BCUT2D eigenvalue weighted by molar-refractivity contribution is 5.84. The lowest BCUT2D eigenvalue weighted by Crippen LogP contribution is -2.47. The van der Waals surface area contributed by atoms with E-state index in [1.807, 2.05) is 0 Å². The van der Waals surface area contributed by atoms with Crippen LogP contribution in [0, 0.1) is 0 Å². The lowest BCUT2D eigenvalue weighted by molar-refractivity contribution is -0.144. The highest BCUT2D eigenvalue weighted by Gasteiger charge is 2.23. The molecule has 20 heavy (non-hydrogen) atoms. The molecule has 0 aliphatic carbocycles. The fourth-order valence-electron chi connectivity index (χ4n) is 1.85. The van der Waals surface area contributed by atoms with Crippen LogP contribution in [0.25, 0.3) is 0 Å². The zero-order chi connectivity index (χ0) is 15.0. The summed E-state index contributed by atoms with van der Waals surface area (Å²) in [5, 5.41) is 14.5. The Bertz CT molecular complexity index is 354. The molecule has 0 aromatic carbocycles. The molecular weight excluding hydrogens is 268 g/mol. The second kappa shape index (κ2) is 8.49. The molecule has 8 nitrogen and oxygen atoms in total. The molecule has 1 amide bonds. The van der Waals surface area contributed by atoms with Crippen molar-refractivity contribution in [2.24, 2.45) is 0 Å². The largest absolute Gasteiger partial charge is 0.480 e. The van der Waals surface area contributed by atoms with Crippen molar-refractivity contribution in [3.8, 4) is 0 Å². The summed E-state index contributed by atoms with van der Waals surface area (Å²) >= 11 is 0. The van der Waals surface area contributed by atoms with Gasteiger partial charge in [-0.3, -0.25) is 9.59 Å². The third kappa shape index (κ3) is 5.98. The van der Waals surface area contributed by atoms with Crippen molar-refractivity contribution in [3.05, 3.63) is 0 Å². The van der Waals surface area contributed by atoms with Crippen LogP contribution in [-0.2, 0) is 23.9 Å². The third-order valence-electron chi connectivity index (χ3n) is 2.93. The fraction of sp³-hybridized carbons (Fsp3) is 0.750. The molecule has 8 heteroatoms. The van der Waals surface area contributed by atoms with Crippen molar-refractivity contribution in [2.75, 3.05) is 26.9 Å². The van der Waals surface area contributed by atoms with Crippen LogP contribution in [0.4, 0.5) is 0 Å². The van der Waals surface area contributed by atoms with E-state index >= 15 is 0 Å². The van der Waals surface area contributed by atoms with Crippen LogP contribution in [0.2, 0.25) is 0 Å². The van der Waals surface area contributed by atoms with Crippen LogP contribution in [0.1, 0.15) is 19.3 Å². The van der Waals surface area contributed by atoms with Crippen molar-refractivity contribution in [1.82, 2.24) is 10.6 Å². The molecule has 114 valence electrons. The predicted molar refractivity (Wildman–Crippen MR) is 68.0 cm³/mol. The van der Waals surface area contributed by atoms with Crippen LogP contribution in [0.5, 0.6) is 0 Å². The number of methoxy groups -OCH3 is 1. The van der Waals surface area contributed by atoms with Crippen LogP contribution in [-0.4, -0.2) is 61.9 Å². The van der Waals surface area contributed by atoms with Gasteiger partial charge in [0.2, 0.25) is 5.91 Å². The molecule has 0 aromatic rings. The summed E-state index contributed by atoms with van der Waals surface area (Å²) in [6, 6.07) is -1.20. The number of esters is 1. The maximum Gasteiger partial charge on any atom is 0.326 e. The summed E-state index contributed by atoms with van der Waals surface area (Å²) < 4.78 is 9.64. The number of carbonyl (C=O) groups excluding carboxylic acids is 2. The first-order chi connectivity index (χ1) is 9.52. The predicted octanol–water partition coefficient (Wildman–Crippen LogP) is -1.11. The first-order valence-corrected chi connectivity index (χ1v) is 6.43. The van der Waals surface area contributed by atoms with Gasteiger partial charge in [0.25, 0.3) is 0 Å². The number of rotatable bonds is 7. The molecule has 1 aliphatic heterocycles. The Morgan fingerprint density at radius 1 is 1.50 bits per heavy atom. The number of hydrogen-bond donors (Lipinski definition) is 3. The van der Waals surface area contributed by atoms with Gasteiger partial charge in [-0.2, -0.15) is 0 Å². The Hall–Kier alpha value is -1.67. The number of carbonyl (C=O) groups is 3. The topological polar surface area (TPSA) is 114 Å². The Balaban J connectivity index is 2.37. The Morgan fingerprint density at radius 3 is 2.80 bits per heavy atom. The molecule has 1 heterocycles. The zero-order valence-electron chi connectivity index (χ0n) is 11.4. The highest BCUT2D eigenvalue weighted by Crippen LogP contribution is 2.03. The van der Waals surface area contributed by atoms with E-state index < -0.39 is 18.0 Å². The van der Waals surface area contributed by atoms with Crippen LogP contribution in [0.15, 0.2) is 0 Å². The van der Waals surface area contributed by atoms with E-state index in [0.29, 0.717) is 19.8 Å². The van der Waals surface area contributed by atoms with Gasteiger partial charge in [0.15, 0.2) is 0 Å². The average molecular weight is 288 g/mol. The van der Waals surface area contributed by atoms with E-state index in [1.54, 1.807) is 0 Å². The Morgan fingerprint density at radius 2 is 2.25 bits per heavy atom. The molecule has 1 fully saturated rings. The molecule has 1 saturated heterocycles. The average Bonchev–Trinajstić information content (AvgIpc) is 2.43. The first kappa shape index (κ1) is 16.4. The van der Waals surface area contributed by atoms with Gasteiger partial charge in [0.05, 0.1) is 20.3 Å². The minimum Gasteiger partial charge on any atom is -0.480 e. The van der Waals surface area contributed by atoms with E-state index in [2.05, 4.69) is 15.4 Å². The van der Waals surface area contributed by atoms with Crippen LogP contribution >= 0.6 is 0 Å². The summed E-state index contributed by atoms with van der Waals surface area (Å²) in [6.07, 6.45) is 0.0862. The van der Waals surface area contributed by atoms with Gasteiger partial charge >= 0.3 is 11.9 Å². The molecule has 0 bridgehead atoms. The van der Waals surface area contributed by atoms with Gasteiger partial charge in [-0.1, -0.05) is 0 Å². The van der Waals surface area contributed by atoms with E-state index in [-0.39, 0.29) is 31.2 Å². The van der Waals surface area contributed by atoms with Gasteiger partial charge in [0, 0.05) is 25.4 Å². The standard InChI is InChI=1S/C12H20N2O6/c1-19-11(16)3-2-9(12(17)18)14-10(15)6-8-7-20-5-4-13-8/h8-9,13H,2-7H2,1H3,(H,14,15)(H,17,18)/t8?,9-/m0/s1. The molecule has 0 saturated carbocycles. The molecule has 0 aromatic heterocycles. The van der Waals surface area contributed by atoms with Crippen molar-refractivity contribution in [3.63, 3.8) is 0 Å². The van der Waals surface area contributed by atoms with Crippen molar-refractivity contribution in [2.45, 2.75) is 31.3 Å². The van der Waals surface area contributed by atoms with Crippen LogP contribution in [0.3, 0.4) is 0 Å². The molecule has 0 spiro atoms. The van der Waals surface area contributed by atoms with Crippen molar-refractivity contribution >= 4 is 17.8 Å². The number of nitrogens with one attached hydrogen (secondary N) is 2. The van der Waals surface area contributed by atoms with Gasteiger partial charge < -0.3 is 25.2 Å². The zero-order valence-corrected chi connectivity index (χ0v) is 11.4. The number of carboxylic acid groups (broad SMARTS) is 1. The summed E-state index contributed by atoms with van der Waals surface area (Å²) in [5.74, 6) is -2.06. The summed E-state index contributed by atoms with van der Waals surface area (Å²) in [4.78, 5) is 33.8. The molecule has 1 aliphatic rings. The molecule has 1 unspecified atom stereocenters. The molecule has 1 rings (SSSR count).